The standard InChI is InChI=1S/C32H34FN5O4/c1-20(2)19-38-27-9-5-4-8-24(27)30(36-38)32(42)35-26-17-21(10-13-28(26)37-14-6-3-7-15-37)31(41)34-25-12-11-23(33)16-22(25)18-29(39)40/h4-5,8-13,16-17,20H,3,6-7,14-15,18-19H2,1-2H3,(H,34,41)(H,35,42)(H,39,40). The summed E-state index contributed by atoms with van der Waals surface area (Å²) in [4.78, 5) is 40.5. The number of carboxylic acids is 1. The minimum atomic E-state index is -1.14. The Kier molecular flexibility index (Phi) is 8.51. The molecular formula is C32H34FN5O4. The zero-order chi connectivity index (χ0) is 29.8. The summed E-state index contributed by atoms with van der Waals surface area (Å²) in [5, 5.41) is 20.4. The van der Waals surface area contributed by atoms with E-state index >= 15 is 0 Å². The average molecular weight is 572 g/mol. The first-order chi connectivity index (χ1) is 20.2. The highest BCUT2D eigenvalue weighted by atomic mass is 19.1. The fourth-order valence-electron chi connectivity index (χ4n) is 5.34. The number of hydrogen-bond donors (Lipinski definition) is 3. The molecule has 2 amide bonds. The molecule has 218 valence electrons. The van der Waals surface area contributed by atoms with Crippen LogP contribution in [0.25, 0.3) is 10.9 Å². The van der Waals surface area contributed by atoms with Gasteiger partial charge in [-0.2, -0.15) is 5.10 Å². The molecule has 0 aliphatic carbocycles. The van der Waals surface area contributed by atoms with Crippen molar-refractivity contribution in [2.45, 2.75) is 46.1 Å². The molecule has 5 rings (SSSR count). The molecule has 3 aromatic carbocycles. The van der Waals surface area contributed by atoms with E-state index in [0.29, 0.717) is 23.8 Å². The van der Waals surface area contributed by atoms with Crippen LogP contribution in [0.4, 0.5) is 21.5 Å². The van der Waals surface area contributed by atoms with E-state index in [0.717, 1.165) is 61.1 Å². The second-order valence-corrected chi connectivity index (χ2v) is 11.0. The highest BCUT2D eigenvalue weighted by molar-refractivity contribution is 6.13. The number of para-hydroxylation sites is 1. The molecule has 0 bridgehead atoms. The lowest BCUT2D eigenvalue weighted by atomic mass is 10.1. The van der Waals surface area contributed by atoms with Crippen molar-refractivity contribution in [2.24, 2.45) is 5.92 Å². The second kappa shape index (κ2) is 12.4. The molecule has 1 aliphatic heterocycles. The minimum Gasteiger partial charge on any atom is -0.481 e. The molecule has 42 heavy (non-hydrogen) atoms. The molecule has 1 saturated heterocycles. The number of anilines is 3. The SMILES string of the molecule is CC(C)Cn1nc(C(=O)Nc2cc(C(=O)Nc3ccc(F)cc3CC(=O)O)ccc2N2CCCCC2)c2ccccc21. The Balaban J connectivity index is 1.48. The lowest BCUT2D eigenvalue weighted by molar-refractivity contribution is -0.136. The first-order valence-electron chi connectivity index (χ1n) is 14.2. The number of aliphatic carboxylic acids is 1. The van der Waals surface area contributed by atoms with Crippen molar-refractivity contribution in [3.8, 4) is 0 Å². The summed E-state index contributed by atoms with van der Waals surface area (Å²) in [6.45, 7) is 6.50. The highest BCUT2D eigenvalue weighted by Gasteiger charge is 2.22. The van der Waals surface area contributed by atoms with Gasteiger partial charge in [0.15, 0.2) is 5.69 Å². The van der Waals surface area contributed by atoms with Crippen molar-refractivity contribution < 1.29 is 23.9 Å². The number of halogens is 1. The molecule has 0 atom stereocenters. The fraction of sp³-hybridized carbons (Fsp3) is 0.312. The predicted molar refractivity (Wildman–Crippen MR) is 161 cm³/mol. The number of aromatic nitrogens is 2. The van der Waals surface area contributed by atoms with Crippen LogP contribution in [0.3, 0.4) is 0 Å². The molecule has 1 aromatic heterocycles. The topological polar surface area (TPSA) is 117 Å². The van der Waals surface area contributed by atoms with E-state index in [9.17, 15) is 23.9 Å². The maximum atomic E-state index is 13.8. The van der Waals surface area contributed by atoms with Crippen LogP contribution >= 0.6 is 0 Å². The zero-order valence-corrected chi connectivity index (χ0v) is 23.7. The molecule has 0 saturated carbocycles. The third-order valence-electron chi connectivity index (χ3n) is 7.27. The van der Waals surface area contributed by atoms with E-state index in [-0.39, 0.29) is 22.7 Å². The Morgan fingerprint density at radius 3 is 2.40 bits per heavy atom. The van der Waals surface area contributed by atoms with E-state index in [1.807, 2.05) is 35.0 Å². The van der Waals surface area contributed by atoms with Crippen molar-refractivity contribution in [1.29, 1.82) is 0 Å². The smallest absolute Gasteiger partial charge is 0.307 e. The molecule has 0 radical (unpaired) electrons. The van der Waals surface area contributed by atoms with Crippen LogP contribution in [0.15, 0.2) is 60.7 Å². The van der Waals surface area contributed by atoms with Crippen LogP contribution in [-0.2, 0) is 17.8 Å². The quantitative estimate of drug-likeness (QED) is 0.229. The van der Waals surface area contributed by atoms with Crippen molar-refractivity contribution in [1.82, 2.24) is 9.78 Å². The lowest BCUT2D eigenvalue weighted by Crippen LogP contribution is -2.30. The second-order valence-electron chi connectivity index (χ2n) is 11.0. The highest BCUT2D eigenvalue weighted by Crippen LogP contribution is 2.31. The third kappa shape index (κ3) is 6.43. The molecule has 0 spiro atoms. The summed E-state index contributed by atoms with van der Waals surface area (Å²) >= 11 is 0. The number of piperidine rings is 1. The molecule has 1 fully saturated rings. The first-order valence-corrected chi connectivity index (χ1v) is 14.2. The van der Waals surface area contributed by atoms with Gasteiger partial charge in [-0.3, -0.25) is 19.1 Å². The van der Waals surface area contributed by atoms with E-state index < -0.39 is 24.1 Å². The Labute approximate surface area is 243 Å². The summed E-state index contributed by atoms with van der Waals surface area (Å²) in [7, 11) is 0. The van der Waals surface area contributed by atoms with Crippen LogP contribution in [0, 0.1) is 11.7 Å². The Morgan fingerprint density at radius 2 is 1.67 bits per heavy atom. The van der Waals surface area contributed by atoms with Gasteiger partial charge in [0.25, 0.3) is 11.8 Å². The molecule has 10 heteroatoms. The van der Waals surface area contributed by atoms with Gasteiger partial charge in [0.2, 0.25) is 0 Å². The van der Waals surface area contributed by atoms with Gasteiger partial charge in [0.1, 0.15) is 5.82 Å². The maximum Gasteiger partial charge on any atom is 0.307 e. The van der Waals surface area contributed by atoms with E-state index in [4.69, 9.17) is 0 Å². The number of amides is 2. The number of carbonyl (C=O) groups is 3. The molecule has 2 heterocycles. The third-order valence-corrected chi connectivity index (χ3v) is 7.27. The van der Waals surface area contributed by atoms with Crippen molar-refractivity contribution >= 4 is 45.7 Å². The summed E-state index contributed by atoms with van der Waals surface area (Å²) in [5.41, 5.74) is 3.06. The van der Waals surface area contributed by atoms with Crippen LogP contribution < -0.4 is 15.5 Å². The lowest BCUT2D eigenvalue weighted by Gasteiger charge is -2.30. The van der Waals surface area contributed by atoms with Crippen LogP contribution in [0.2, 0.25) is 0 Å². The summed E-state index contributed by atoms with van der Waals surface area (Å²) in [5.74, 6) is -2.30. The Hall–Kier alpha value is -4.73. The van der Waals surface area contributed by atoms with Crippen molar-refractivity contribution in [3.05, 3.63) is 83.3 Å². The van der Waals surface area contributed by atoms with Crippen LogP contribution in [0.1, 0.15) is 59.5 Å². The number of carbonyl (C=O) groups excluding carboxylic acids is 2. The number of nitrogens with one attached hydrogen (secondary N) is 2. The Bertz CT molecular complexity index is 1640. The van der Waals surface area contributed by atoms with Crippen molar-refractivity contribution in [2.75, 3.05) is 28.6 Å². The predicted octanol–water partition coefficient (Wildman–Crippen LogP) is 5.95. The number of hydrogen-bond acceptors (Lipinski definition) is 5. The molecule has 4 aromatic rings. The van der Waals surface area contributed by atoms with Crippen LogP contribution in [-0.4, -0.2) is 45.8 Å². The normalized spacial score (nSPS) is 13.4. The van der Waals surface area contributed by atoms with Gasteiger partial charge in [-0.1, -0.05) is 32.0 Å². The van der Waals surface area contributed by atoms with E-state index in [1.54, 1.807) is 12.1 Å². The fourth-order valence-corrected chi connectivity index (χ4v) is 5.34. The van der Waals surface area contributed by atoms with Gasteiger partial charge in [-0.05, 0) is 73.2 Å². The van der Waals surface area contributed by atoms with Crippen LogP contribution in [0.5, 0.6) is 0 Å². The maximum absolute atomic E-state index is 13.8. The van der Waals surface area contributed by atoms with Gasteiger partial charge in [-0.15, -0.1) is 0 Å². The zero-order valence-electron chi connectivity index (χ0n) is 23.7. The van der Waals surface area contributed by atoms with Gasteiger partial charge in [0, 0.05) is 36.3 Å². The summed E-state index contributed by atoms with van der Waals surface area (Å²) < 4.78 is 15.6. The molecule has 0 unspecified atom stereocenters. The Morgan fingerprint density at radius 1 is 0.929 bits per heavy atom. The van der Waals surface area contributed by atoms with Gasteiger partial charge in [-0.25, -0.2) is 4.39 Å². The van der Waals surface area contributed by atoms with E-state index in [2.05, 4.69) is 34.5 Å². The molecule has 9 nitrogen and oxygen atoms in total. The average Bonchev–Trinajstić information content (AvgIpc) is 3.32. The number of rotatable bonds is 9. The van der Waals surface area contributed by atoms with E-state index in [1.165, 1.54) is 6.07 Å². The monoisotopic (exact) mass is 571 g/mol. The van der Waals surface area contributed by atoms with Gasteiger partial charge >= 0.3 is 5.97 Å². The number of carboxylic acid groups (broad SMARTS) is 1. The number of fused-ring (bicyclic) bond motifs is 1. The van der Waals surface area contributed by atoms with Gasteiger partial charge < -0.3 is 20.6 Å². The number of benzene rings is 3. The summed E-state index contributed by atoms with van der Waals surface area (Å²) in [6.07, 6.45) is 2.74. The van der Waals surface area contributed by atoms with Gasteiger partial charge in [0.05, 0.1) is 23.3 Å². The molecule has 3 N–H and O–H groups in total. The first kappa shape index (κ1) is 28.8. The molecule has 1 aliphatic rings. The van der Waals surface area contributed by atoms with Crippen molar-refractivity contribution in [3.63, 3.8) is 0 Å². The number of nitrogens with zero attached hydrogens (tertiary/aromatic N) is 3. The summed E-state index contributed by atoms with van der Waals surface area (Å²) in [6, 6.07) is 16.3. The largest absolute Gasteiger partial charge is 0.481 e. The minimum absolute atomic E-state index is 0.151. The molecular weight excluding hydrogens is 537 g/mol.